The fourth-order valence-corrected chi connectivity index (χ4v) is 5.87. The lowest BCUT2D eigenvalue weighted by Gasteiger charge is -2.32. The van der Waals surface area contributed by atoms with Gasteiger partial charge in [-0.2, -0.15) is 0 Å². The third-order valence-electron chi connectivity index (χ3n) is 7.07. The summed E-state index contributed by atoms with van der Waals surface area (Å²) in [5.41, 5.74) is 2.71. The summed E-state index contributed by atoms with van der Waals surface area (Å²) in [4.78, 5) is 61.7. The number of carbonyl (C=O) groups excluding carboxylic acids is 3. The fraction of sp³-hybridized carbons (Fsp3) is 0.345. The number of carbonyl (C=O) groups is 3. The molecule has 40 heavy (non-hydrogen) atoms. The van der Waals surface area contributed by atoms with E-state index in [4.69, 9.17) is 0 Å². The van der Waals surface area contributed by atoms with Crippen LogP contribution in [0.3, 0.4) is 0 Å². The molecule has 2 N–H and O–H groups in total. The summed E-state index contributed by atoms with van der Waals surface area (Å²) in [5, 5.41) is 4.93. The quantitative estimate of drug-likeness (QED) is 0.324. The molecule has 11 heteroatoms. The molecule has 1 fully saturated rings. The average Bonchev–Trinajstić information content (AvgIpc) is 3.55. The van der Waals surface area contributed by atoms with E-state index in [2.05, 4.69) is 15.3 Å². The van der Waals surface area contributed by atoms with Gasteiger partial charge in [-0.3, -0.25) is 19.0 Å². The zero-order valence-electron chi connectivity index (χ0n) is 22.3. The van der Waals surface area contributed by atoms with Crippen LogP contribution >= 0.6 is 11.3 Å². The minimum absolute atomic E-state index is 0.0320. The molecule has 4 aromatic rings. The first-order valence-corrected chi connectivity index (χ1v) is 14.4. The topological polar surface area (TPSA) is 120 Å². The number of piperidine rings is 1. The highest BCUT2D eigenvalue weighted by molar-refractivity contribution is 7.13. The number of hydrogen-bond acceptors (Lipinski definition) is 6. The number of para-hydroxylation sites is 2. The van der Waals surface area contributed by atoms with Crippen LogP contribution in [-0.4, -0.2) is 68.2 Å². The van der Waals surface area contributed by atoms with Crippen LogP contribution in [0, 0.1) is 0 Å². The van der Waals surface area contributed by atoms with Crippen LogP contribution in [-0.2, 0) is 16.0 Å². The molecule has 1 aliphatic heterocycles. The van der Waals surface area contributed by atoms with E-state index in [0.717, 1.165) is 17.5 Å². The van der Waals surface area contributed by atoms with E-state index in [1.807, 2.05) is 46.7 Å². The van der Waals surface area contributed by atoms with Crippen molar-refractivity contribution in [1.82, 2.24) is 24.3 Å². The number of fused-ring (bicyclic) bond motifs is 1. The smallest absolute Gasteiger partial charge is 0.326 e. The van der Waals surface area contributed by atoms with E-state index in [1.165, 1.54) is 16.2 Å². The SMILES string of the molecule is CCCN(CC(=O)Nc1nc(CC(=O)N2CCC(n3c(=O)[nH]c4ccccc43)CC2)cs1)C(=O)c1ccccc1. The number of imidazole rings is 1. The second-order valence-corrected chi connectivity index (χ2v) is 10.7. The van der Waals surface area contributed by atoms with Crippen molar-refractivity contribution < 1.29 is 14.4 Å². The molecule has 3 amide bonds. The summed E-state index contributed by atoms with van der Waals surface area (Å²) in [7, 11) is 0. The number of rotatable bonds is 9. The standard InChI is InChI=1S/C29H32N6O4S/c1-2-14-34(27(38)20-8-4-3-5-9-20)18-25(36)32-28-30-21(19-40-28)17-26(37)33-15-12-22(13-16-33)35-24-11-7-6-10-23(24)31-29(35)39/h3-11,19,22H,2,12-18H2,1H3,(H,31,39)(H,30,32,36). The molecule has 2 aromatic heterocycles. The molecular formula is C29H32N6O4S. The lowest BCUT2D eigenvalue weighted by Crippen LogP contribution is -2.41. The number of aromatic amines is 1. The Hall–Kier alpha value is -4.25. The molecule has 0 unspecified atom stereocenters. The molecule has 2 aromatic carbocycles. The van der Waals surface area contributed by atoms with Crippen molar-refractivity contribution in [1.29, 1.82) is 0 Å². The van der Waals surface area contributed by atoms with Gasteiger partial charge in [0.25, 0.3) is 5.91 Å². The van der Waals surface area contributed by atoms with Gasteiger partial charge < -0.3 is 20.1 Å². The molecule has 0 radical (unpaired) electrons. The molecule has 1 aliphatic rings. The number of aromatic nitrogens is 3. The zero-order valence-corrected chi connectivity index (χ0v) is 23.2. The van der Waals surface area contributed by atoms with Crippen molar-refractivity contribution >= 4 is 45.2 Å². The Morgan fingerprint density at radius 1 is 1.07 bits per heavy atom. The van der Waals surface area contributed by atoms with E-state index in [1.54, 1.807) is 29.6 Å². The zero-order chi connectivity index (χ0) is 28.1. The van der Waals surface area contributed by atoms with Crippen molar-refractivity contribution in [3.05, 3.63) is 81.7 Å². The van der Waals surface area contributed by atoms with E-state index in [9.17, 15) is 19.2 Å². The highest BCUT2D eigenvalue weighted by atomic mass is 32.1. The van der Waals surface area contributed by atoms with Crippen molar-refractivity contribution in [3.63, 3.8) is 0 Å². The summed E-state index contributed by atoms with van der Waals surface area (Å²) >= 11 is 1.25. The summed E-state index contributed by atoms with van der Waals surface area (Å²) < 4.78 is 1.81. The third-order valence-corrected chi connectivity index (χ3v) is 7.88. The maximum absolute atomic E-state index is 13.0. The van der Waals surface area contributed by atoms with Crippen LogP contribution in [0.2, 0.25) is 0 Å². The molecule has 0 spiro atoms. The Balaban J connectivity index is 1.13. The van der Waals surface area contributed by atoms with E-state index in [-0.39, 0.29) is 42.4 Å². The van der Waals surface area contributed by atoms with E-state index >= 15 is 0 Å². The fourth-order valence-electron chi connectivity index (χ4n) is 5.14. The van der Waals surface area contributed by atoms with Gasteiger partial charge in [0.2, 0.25) is 11.8 Å². The number of thiazole rings is 1. The summed E-state index contributed by atoms with van der Waals surface area (Å²) in [6.45, 7) is 3.46. The lowest BCUT2D eigenvalue weighted by molar-refractivity contribution is -0.131. The van der Waals surface area contributed by atoms with Crippen molar-refractivity contribution in [2.45, 2.75) is 38.6 Å². The number of nitrogens with zero attached hydrogens (tertiary/aromatic N) is 4. The van der Waals surface area contributed by atoms with Crippen LogP contribution in [0.1, 0.15) is 48.3 Å². The van der Waals surface area contributed by atoms with Crippen molar-refractivity contribution in [3.8, 4) is 0 Å². The third kappa shape index (κ3) is 6.15. The molecule has 0 bridgehead atoms. The number of benzene rings is 2. The molecule has 3 heterocycles. The van der Waals surface area contributed by atoms with Crippen molar-refractivity contribution in [2.24, 2.45) is 0 Å². The second kappa shape index (κ2) is 12.3. The highest BCUT2D eigenvalue weighted by Crippen LogP contribution is 2.25. The Morgan fingerprint density at radius 3 is 2.55 bits per heavy atom. The van der Waals surface area contributed by atoms with Gasteiger partial charge in [-0.05, 0) is 43.5 Å². The van der Waals surface area contributed by atoms with Gasteiger partial charge >= 0.3 is 5.69 Å². The van der Waals surface area contributed by atoms with E-state index in [0.29, 0.717) is 48.9 Å². The van der Waals surface area contributed by atoms with Gasteiger partial charge in [-0.15, -0.1) is 11.3 Å². The molecule has 1 saturated heterocycles. The first kappa shape index (κ1) is 27.3. The van der Waals surface area contributed by atoms with Crippen molar-refractivity contribution in [2.75, 3.05) is 31.5 Å². The Labute approximate surface area is 235 Å². The van der Waals surface area contributed by atoms with Crippen LogP contribution in [0.25, 0.3) is 11.0 Å². The van der Waals surface area contributed by atoms with Crippen LogP contribution in [0.15, 0.2) is 64.8 Å². The summed E-state index contributed by atoms with van der Waals surface area (Å²) in [6.07, 6.45) is 2.26. The van der Waals surface area contributed by atoms with Gasteiger partial charge in [0, 0.05) is 36.6 Å². The number of amides is 3. The number of hydrogen-bond donors (Lipinski definition) is 2. The maximum atomic E-state index is 13.0. The molecular weight excluding hydrogens is 528 g/mol. The number of likely N-dealkylation sites (tertiary alicyclic amines) is 1. The van der Waals surface area contributed by atoms with Gasteiger partial charge in [0.1, 0.15) is 6.54 Å². The summed E-state index contributed by atoms with van der Waals surface area (Å²) in [5.74, 6) is -0.559. The molecule has 0 aliphatic carbocycles. The van der Waals surface area contributed by atoms with Crippen LogP contribution < -0.4 is 11.0 Å². The Bertz CT molecular complexity index is 1550. The molecule has 0 saturated carbocycles. The lowest BCUT2D eigenvalue weighted by atomic mass is 10.0. The van der Waals surface area contributed by atoms with Crippen LogP contribution in [0.4, 0.5) is 5.13 Å². The monoisotopic (exact) mass is 560 g/mol. The molecule has 208 valence electrons. The number of H-pyrrole nitrogens is 1. The second-order valence-electron chi connectivity index (χ2n) is 9.89. The highest BCUT2D eigenvalue weighted by Gasteiger charge is 2.26. The van der Waals surface area contributed by atoms with Gasteiger partial charge in [0.05, 0.1) is 23.1 Å². The van der Waals surface area contributed by atoms with Gasteiger partial charge in [0.15, 0.2) is 5.13 Å². The van der Waals surface area contributed by atoms with Gasteiger partial charge in [-0.1, -0.05) is 37.3 Å². The first-order valence-electron chi connectivity index (χ1n) is 13.5. The maximum Gasteiger partial charge on any atom is 0.326 e. The minimum atomic E-state index is -0.334. The summed E-state index contributed by atoms with van der Waals surface area (Å²) in [6, 6.07) is 16.6. The number of nitrogens with one attached hydrogen (secondary N) is 2. The Morgan fingerprint density at radius 2 is 1.80 bits per heavy atom. The minimum Gasteiger partial charge on any atom is -0.342 e. The molecule has 10 nitrogen and oxygen atoms in total. The average molecular weight is 561 g/mol. The first-order chi connectivity index (χ1) is 19.4. The van der Waals surface area contributed by atoms with Crippen LogP contribution in [0.5, 0.6) is 0 Å². The largest absolute Gasteiger partial charge is 0.342 e. The van der Waals surface area contributed by atoms with E-state index < -0.39 is 0 Å². The predicted molar refractivity (Wildman–Crippen MR) is 154 cm³/mol. The molecule has 5 rings (SSSR count). The van der Waals surface area contributed by atoms with Gasteiger partial charge in [-0.25, -0.2) is 9.78 Å². The normalized spacial score (nSPS) is 13.9. The predicted octanol–water partition coefficient (Wildman–Crippen LogP) is 3.68. The molecule has 0 atom stereocenters. The number of anilines is 1. The Kier molecular flexibility index (Phi) is 8.40.